The van der Waals surface area contributed by atoms with Gasteiger partial charge in [0.15, 0.2) is 5.78 Å². The van der Waals surface area contributed by atoms with E-state index in [-0.39, 0.29) is 29.8 Å². The van der Waals surface area contributed by atoms with Crippen molar-refractivity contribution in [2.45, 2.75) is 71.4 Å². The van der Waals surface area contributed by atoms with Gasteiger partial charge in [0.05, 0.1) is 5.76 Å². The number of aliphatic hydroxyl groups excluding tert-OH is 1. The molecule has 0 radical (unpaired) electrons. The second kappa shape index (κ2) is 7.06. The number of hydrogen-bond donors (Lipinski definition) is 1. The monoisotopic (exact) mass is 270 g/mol. The number of aliphatic hydroxyl groups is 1. The zero-order valence-electron chi connectivity index (χ0n) is 12.4. The Hall–Kier alpha value is -0.860. The minimum atomic E-state index is -1.34. The van der Waals surface area contributed by atoms with Crippen molar-refractivity contribution in [3.63, 3.8) is 0 Å². The highest BCUT2D eigenvalue weighted by Gasteiger charge is 2.26. The lowest BCUT2D eigenvalue weighted by Crippen LogP contribution is -2.23. The Morgan fingerprint density at radius 2 is 1.95 bits per heavy atom. The Morgan fingerprint density at radius 3 is 2.42 bits per heavy atom. The normalized spacial score (nSPS) is 20.3. The average molecular weight is 270 g/mol. The summed E-state index contributed by atoms with van der Waals surface area (Å²) in [6.45, 7) is 4.88. The standard InChI is InChI=1S/C16H27FO2/c1-4-12(11-16(2,3)17)14(18)10-15(19)13-8-6-5-7-9-13/h10,12-13,19H,4-9,11H2,1-3H3/b15-10-. The van der Waals surface area contributed by atoms with Gasteiger partial charge in [0.1, 0.15) is 5.67 Å². The van der Waals surface area contributed by atoms with Gasteiger partial charge in [0.2, 0.25) is 0 Å². The van der Waals surface area contributed by atoms with Crippen molar-refractivity contribution < 1.29 is 14.3 Å². The van der Waals surface area contributed by atoms with Crippen LogP contribution in [0.3, 0.4) is 0 Å². The molecular weight excluding hydrogens is 243 g/mol. The Balaban J connectivity index is 2.63. The molecule has 0 aromatic rings. The van der Waals surface area contributed by atoms with Gasteiger partial charge >= 0.3 is 0 Å². The first-order chi connectivity index (χ1) is 8.83. The summed E-state index contributed by atoms with van der Waals surface area (Å²) in [5.41, 5.74) is -1.34. The molecule has 0 bridgehead atoms. The first-order valence-electron chi connectivity index (χ1n) is 7.47. The summed E-state index contributed by atoms with van der Waals surface area (Å²) in [4.78, 5) is 12.1. The maximum absolute atomic E-state index is 13.6. The van der Waals surface area contributed by atoms with Gasteiger partial charge in [-0.25, -0.2) is 4.39 Å². The van der Waals surface area contributed by atoms with Crippen molar-refractivity contribution >= 4 is 5.78 Å². The van der Waals surface area contributed by atoms with Crippen molar-refractivity contribution in [2.24, 2.45) is 11.8 Å². The summed E-state index contributed by atoms with van der Waals surface area (Å²) in [6, 6.07) is 0. The van der Waals surface area contributed by atoms with E-state index in [1.165, 1.54) is 26.3 Å². The van der Waals surface area contributed by atoms with E-state index in [0.29, 0.717) is 6.42 Å². The molecule has 0 aromatic heterocycles. The molecule has 1 unspecified atom stereocenters. The number of carbonyl (C=O) groups is 1. The van der Waals surface area contributed by atoms with Gasteiger partial charge in [-0.3, -0.25) is 4.79 Å². The third-order valence-electron chi connectivity index (χ3n) is 3.94. The summed E-state index contributed by atoms with van der Waals surface area (Å²) in [5, 5.41) is 10.0. The van der Waals surface area contributed by atoms with Crippen LogP contribution in [0, 0.1) is 11.8 Å². The second-order valence-corrected chi connectivity index (χ2v) is 6.33. The molecule has 1 aliphatic rings. The minimum Gasteiger partial charge on any atom is -0.512 e. The van der Waals surface area contributed by atoms with Crippen molar-refractivity contribution in [3.05, 3.63) is 11.8 Å². The maximum atomic E-state index is 13.6. The van der Waals surface area contributed by atoms with Crippen molar-refractivity contribution in [1.29, 1.82) is 0 Å². The molecule has 0 aromatic carbocycles. The summed E-state index contributed by atoms with van der Waals surface area (Å²) in [6.07, 6.45) is 7.55. The predicted molar refractivity (Wildman–Crippen MR) is 75.9 cm³/mol. The van der Waals surface area contributed by atoms with Crippen LogP contribution in [0.4, 0.5) is 4.39 Å². The summed E-state index contributed by atoms with van der Waals surface area (Å²) >= 11 is 0. The Labute approximate surface area is 116 Å². The topological polar surface area (TPSA) is 37.3 Å². The minimum absolute atomic E-state index is 0.128. The maximum Gasteiger partial charge on any atom is 0.162 e. The van der Waals surface area contributed by atoms with Gasteiger partial charge in [-0.1, -0.05) is 26.2 Å². The van der Waals surface area contributed by atoms with Crippen LogP contribution in [0.2, 0.25) is 0 Å². The number of halogens is 1. The van der Waals surface area contributed by atoms with Gasteiger partial charge < -0.3 is 5.11 Å². The van der Waals surface area contributed by atoms with Crippen LogP contribution in [0.5, 0.6) is 0 Å². The molecule has 1 N–H and O–H groups in total. The van der Waals surface area contributed by atoms with E-state index in [9.17, 15) is 14.3 Å². The highest BCUT2D eigenvalue weighted by atomic mass is 19.1. The van der Waals surface area contributed by atoms with Gasteiger partial charge in [-0.05, 0) is 39.5 Å². The van der Waals surface area contributed by atoms with E-state index in [4.69, 9.17) is 0 Å². The molecule has 1 fully saturated rings. The number of allylic oxidation sites excluding steroid dienone is 2. The fourth-order valence-corrected chi connectivity index (χ4v) is 2.81. The lowest BCUT2D eigenvalue weighted by Gasteiger charge is -2.22. The summed E-state index contributed by atoms with van der Waals surface area (Å²) < 4.78 is 13.6. The van der Waals surface area contributed by atoms with Crippen LogP contribution in [0.15, 0.2) is 11.8 Å². The highest BCUT2D eigenvalue weighted by Crippen LogP contribution is 2.29. The van der Waals surface area contributed by atoms with Crippen LogP contribution >= 0.6 is 0 Å². The molecule has 0 aliphatic heterocycles. The summed E-state index contributed by atoms with van der Waals surface area (Å²) in [5.74, 6) is -0.115. The third-order valence-corrected chi connectivity index (χ3v) is 3.94. The van der Waals surface area contributed by atoms with E-state index < -0.39 is 5.67 Å². The second-order valence-electron chi connectivity index (χ2n) is 6.33. The van der Waals surface area contributed by atoms with E-state index in [1.807, 2.05) is 6.92 Å². The van der Waals surface area contributed by atoms with Crippen LogP contribution in [0.25, 0.3) is 0 Å². The van der Waals surface area contributed by atoms with Crippen molar-refractivity contribution in [3.8, 4) is 0 Å². The Kier molecular flexibility index (Phi) is 6.02. The van der Waals surface area contributed by atoms with Crippen molar-refractivity contribution in [1.82, 2.24) is 0 Å². The van der Waals surface area contributed by atoms with Crippen LogP contribution in [-0.2, 0) is 4.79 Å². The van der Waals surface area contributed by atoms with E-state index in [2.05, 4.69) is 0 Å². The molecular formula is C16H27FO2. The summed E-state index contributed by atoms with van der Waals surface area (Å²) in [7, 11) is 0. The van der Waals surface area contributed by atoms with Crippen LogP contribution in [-0.4, -0.2) is 16.6 Å². The van der Waals surface area contributed by atoms with Gasteiger partial charge in [0.25, 0.3) is 0 Å². The molecule has 0 spiro atoms. The quantitative estimate of drug-likeness (QED) is 0.559. The van der Waals surface area contributed by atoms with Crippen LogP contribution in [0.1, 0.15) is 65.7 Å². The zero-order valence-corrected chi connectivity index (χ0v) is 12.4. The van der Waals surface area contributed by atoms with Gasteiger partial charge in [-0.15, -0.1) is 0 Å². The predicted octanol–water partition coefficient (Wildman–Crippen LogP) is 4.74. The number of alkyl halides is 1. The van der Waals surface area contributed by atoms with E-state index >= 15 is 0 Å². The van der Waals surface area contributed by atoms with Crippen LogP contribution < -0.4 is 0 Å². The largest absolute Gasteiger partial charge is 0.512 e. The fraction of sp³-hybridized carbons (Fsp3) is 0.812. The third kappa shape index (κ3) is 5.75. The molecule has 1 saturated carbocycles. The molecule has 1 aliphatic carbocycles. The number of carbonyl (C=O) groups excluding carboxylic acids is 1. The highest BCUT2D eigenvalue weighted by molar-refractivity contribution is 5.92. The Bertz CT molecular complexity index is 322. The first-order valence-corrected chi connectivity index (χ1v) is 7.47. The molecule has 1 atom stereocenters. The van der Waals surface area contributed by atoms with Gasteiger partial charge in [0, 0.05) is 17.9 Å². The molecule has 0 saturated heterocycles. The average Bonchev–Trinajstić information content (AvgIpc) is 2.35. The molecule has 0 heterocycles. The zero-order chi connectivity index (χ0) is 14.5. The smallest absolute Gasteiger partial charge is 0.162 e. The molecule has 0 amide bonds. The first kappa shape index (κ1) is 16.2. The van der Waals surface area contributed by atoms with E-state index in [0.717, 1.165) is 25.7 Å². The lowest BCUT2D eigenvalue weighted by molar-refractivity contribution is -0.119. The lowest BCUT2D eigenvalue weighted by atomic mass is 9.85. The molecule has 3 heteroatoms. The molecule has 1 rings (SSSR count). The molecule has 110 valence electrons. The molecule has 2 nitrogen and oxygen atoms in total. The van der Waals surface area contributed by atoms with E-state index in [1.54, 1.807) is 0 Å². The number of ketones is 1. The van der Waals surface area contributed by atoms with Gasteiger partial charge in [-0.2, -0.15) is 0 Å². The van der Waals surface area contributed by atoms with Crippen molar-refractivity contribution in [2.75, 3.05) is 0 Å². The number of rotatable bonds is 6. The Morgan fingerprint density at radius 1 is 1.37 bits per heavy atom. The SMILES string of the molecule is CCC(CC(C)(C)F)C(=O)/C=C(\O)C1CCCCC1. The number of hydrogen-bond acceptors (Lipinski definition) is 2. The molecule has 19 heavy (non-hydrogen) atoms. The fourth-order valence-electron chi connectivity index (χ4n) is 2.81.